The van der Waals surface area contributed by atoms with Crippen LogP contribution in [0.4, 0.5) is 4.79 Å². The van der Waals surface area contributed by atoms with Gasteiger partial charge in [0.2, 0.25) is 0 Å². The van der Waals surface area contributed by atoms with Crippen LogP contribution in [0.5, 0.6) is 0 Å². The Morgan fingerprint density at radius 2 is 1.77 bits per heavy atom. The van der Waals surface area contributed by atoms with Gasteiger partial charge in [0.05, 0.1) is 11.8 Å². The van der Waals surface area contributed by atoms with Crippen LogP contribution in [0.2, 0.25) is 0 Å². The molecule has 2 aromatic carbocycles. The monoisotopic (exact) mass is 346 g/mol. The largest absolute Gasteiger partial charge is 0.351 e. The fourth-order valence-electron chi connectivity index (χ4n) is 3.93. The molecule has 2 aliphatic heterocycles. The minimum atomic E-state index is -0.385. The van der Waals surface area contributed by atoms with Crippen molar-refractivity contribution in [1.29, 1.82) is 0 Å². The average Bonchev–Trinajstić information content (AvgIpc) is 2.99. The molecule has 2 aromatic rings. The summed E-state index contributed by atoms with van der Waals surface area (Å²) in [5.41, 5.74) is 10.0. The number of primary amides is 1. The van der Waals surface area contributed by atoms with E-state index in [1.165, 1.54) is 5.56 Å². The molecule has 2 heterocycles. The summed E-state index contributed by atoms with van der Waals surface area (Å²) in [5, 5.41) is 6.86. The number of rotatable bonds is 2. The molecule has 0 bridgehead atoms. The van der Waals surface area contributed by atoms with E-state index in [9.17, 15) is 4.79 Å². The molecular weight excluding hydrogens is 324 g/mol. The number of fused-ring (bicyclic) bond motifs is 1. The van der Waals surface area contributed by atoms with Gasteiger partial charge in [0, 0.05) is 26.1 Å². The summed E-state index contributed by atoms with van der Waals surface area (Å²) in [6.45, 7) is 1.08. The van der Waals surface area contributed by atoms with Crippen LogP contribution in [0.3, 0.4) is 0 Å². The van der Waals surface area contributed by atoms with Crippen LogP contribution in [0.1, 0.15) is 17.2 Å². The van der Waals surface area contributed by atoms with Crippen molar-refractivity contribution in [1.82, 2.24) is 9.91 Å². The topological polar surface area (TPSA) is 61.9 Å². The normalized spacial score (nSPS) is 23.7. The molecule has 4 rings (SSSR count). The lowest BCUT2D eigenvalue weighted by Crippen LogP contribution is -2.48. The van der Waals surface area contributed by atoms with Crippen LogP contribution in [-0.4, -0.2) is 41.8 Å². The molecule has 2 unspecified atom stereocenters. The lowest BCUT2D eigenvalue weighted by Gasteiger charge is -2.35. The van der Waals surface area contributed by atoms with Crippen molar-refractivity contribution in [2.24, 2.45) is 16.8 Å². The van der Waals surface area contributed by atoms with E-state index in [0.717, 1.165) is 16.8 Å². The highest BCUT2D eigenvalue weighted by molar-refractivity contribution is 6.08. The molecule has 132 valence electrons. The number of nitrogens with zero attached hydrogens (tertiary/aromatic N) is 3. The van der Waals surface area contributed by atoms with Crippen molar-refractivity contribution in [2.75, 3.05) is 20.1 Å². The van der Waals surface area contributed by atoms with Gasteiger partial charge in [0.25, 0.3) is 0 Å². The predicted octanol–water partition coefficient (Wildman–Crippen LogP) is 3.12. The third-order valence-electron chi connectivity index (χ3n) is 5.10. The third-order valence-corrected chi connectivity index (χ3v) is 5.10. The van der Waals surface area contributed by atoms with Gasteiger partial charge in [-0.25, -0.2) is 4.79 Å². The first kappa shape index (κ1) is 16.4. The van der Waals surface area contributed by atoms with E-state index in [1.807, 2.05) is 48.5 Å². The lowest BCUT2D eigenvalue weighted by molar-refractivity contribution is 0.186. The van der Waals surface area contributed by atoms with Crippen LogP contribution in [0.25, 0.3) is 6.08 Å². The van der Waals surface area contributed by atoms with Crippen molar-refractivity contribution >= 4 is 17.8 Å². The van der Waals surface area contributed by atoms with Crippen LogP contribution >= 0.6 is 0 Å². The maximum Gasteiger partial charge on any atom is 0.315 e. The van der Waals surface area contributed by atoms with Gasteiger partial charge in [-0.15, -0.1) is 0 Å². The van der Waals surface area contributed by atoms with E-state index in [2.05, 4.69) is 30.3 Å². The Balaban J connectivity index is 1.74. The quantitative estimate of drug-likeness (QED) is 0.908. The van der Waals surface area contributed by atoms with Gasteiger partial charge in [-0.2, -0.15) is 5.10 Å². The first-order chi connectivity index (χ1) is 12.6. The second-order valence-electron chi connectivity index (χ2n) is 6.82. The molecule has 1 fully saturated rings. The van der Waals surface area contributed by atoms with Crippen LogP contribution in [0.15, 0.2) is 71.3 Å². The van der Waals surface area contributed by atoms with Gasteiger partial charge in [0.1, 0.15) is 0 Å². The van der Waals surface area contributed by atoms with Gasteiger partial charge < -0.3 is 10.6 Å². The second-order valence-corrected chi connectivity index (χ2v) is 6.82. The third kappa shape index (κ3) is 2.96. The zero-order valence-corrected chi connectivity index (χ0v) is 14.7. The number of urea groups is 1. The molecule has 2 atom stereocenters. The van der Waals surface area contributed by atoms with E-state index in [0.29, 0.717) is 13.1 Å². The summed E-state index contributed by atoms with van der Waals surface area (Å²) in [6.07, 6.45) is 2.11. The van der Waals surface area contributed by atoms with Crippen molar-refractivity contribution in [3.63, 3.8) is 0 Å². The van der Waals surface area contributed by atoms with Crippen molar-refractivity contribution in [3.05, 3.63) is 77.4 Å². The fourth-order valence-corrected chi connectivity index (χ4v) is 3.93. The molecule has 0 saturated carbocycles. The maximum absolute atomic E-state index is 11.9. The highest BCUT2D eigenvalue weighted by Gasteiger charge is 2.42. The number of carbonyl (C=O) groups excluding carboxylic acids is 1. The molecule has 5 heteroatoms. The Labute approximate surface area is 153 Å². The average molecular weight is 346 g/mol. The summed E-state index contributed by atoms with van der Waals surface area (Å²) in [4.78, 5) is 13.6. The molecule has 0 aromatic heterocycles. The number of hydrazone groups is 1. The number of amides is 2. The van der Waals surface area contributed by atoms with Crippen LogP contribution in [0, 0.1) is 5.92 Å². The van der Waals surface area contributed by atoms with E-state index in [4.69, 9.17) is 10.8 Å². The molecule has 5 nitrogen and oxygen atoms in total. The van der Waals surface area contributed by atoms with Gasteiger partial charge in [-0.05, 0) is 22.8 Å². The summed E-state index contributed by atoms with van der Waals surface area (Å²) in [6, 6.07) is 20.2. The molecule has 26 heavy (non-hydrogen) atoms. The number of hydrogen-bond acceptors (Lipinski definition) is 3. The Morgan fingerprint density at radius 3 is 2.42 bits per heavy atom. The molecule has 2 N–H and O–H groups in total. The van der Waals surface area contributed by atoms with Gasteiger partial charge >= 0.3 is 6.03 Å². The summed E-state index contributed by atoms with van der Waals surface area (Å²) in [7, 11) is 2.00. The molecule has 1 saturated heterocycles. The number of nitrogens with two attached hydrogens (primary N) is 1. The molecular formula is C21H22N4O. The lowest BCUT2D eigenvalue weighted by atomic mass is 9.83. The van der Waals surface area contributed by atoms with Crippen molar-refractivity contribution < 1.29 is 4.79 Å². The summed E-state index contributed by atoms with van der Waals surface area (Å²) in [5.74, 6) is 0.110. The Hall–Kier alpha value is -3.08. The number of hydrogen-bond donors (Lipinski definition) is 1. The van der Waals surface area contributed by atoms with E-state index in [-0.39, 0.29) is 18.0 Å². The Bertz CT molecular complexity index is 860. The Morgan fingerprint density at radius 1 is 1.12 bits per heavy atom. The van der Waals surface area contributed by atoms with Gasteiger partial charge in [-0.1, -0.05) is 60.7 Å². The Kier molecular flexibility index (Phi) is 4.21. The number of benzene rings is 2. The SMILES string of the molecule is CN1N=C2/C(=C\c3ccccc3)CN(C(N)=O)CC2C1c1ccccc1. The van der Waals surface area contributed by atoms with Gasteiger partial charge in [0.15, 0.2) is 0 Å². The van der Waals surface area contributed by atoms with E-state index in [1.54, 1.807) is 4.90 Å². The number of piperidine rings is 1. The zero-order valence-electron chi connectivity index (χ0n) is 14.7. The zero-order chi connectivity index (χ0) is 18.1. The minimum absolute atomic E-state index is 0.104. The molecule has 0 spiro atoms. The molecule has 0 radical (unpaired) electrons. The first-order valence-electron chi connectivity index (χ1n) is 8.80. The molecule has 2 amide bonds. The predicted molar refractivity (Wildman–Crippen MR) is 103 cm³/mol. The number of likely N-dealkylation sites (tertiary alicyclic amines) is 1. The molecule has 0 aliphatic carbocycles. The second kappa shape index (κ2) is 6.67. The highest BCUT2D eigenvalue weighted by atomic mass is 16.2. The highest BCUT2D eigenvalue weighted by Crippen LogP contribution is 2.39. The van der Waals surface area contributed by atoms with Crippen molar-refractivity contribution in [3.8, 4) is 0 Å². The summed E-state index contributed by atoms with van der Waals surface area (Å²) >= 11 is 0. The summed E-state index contributed by atoms with van der Waals surface area (Å²) < 4.78 is 0. The minimum Gasteiger partial charge on any atom is -0.351 e. The molecule has 2 aliphatic rings. The van der Waals surface area contributed by atoms with Crippen molar-refractivity contribution in [2.45, 2.75) is 6.04 Å². The van der Waals surface area contributed by atoms with Crippen LogP contribution < -0.4 is 5.73 Å². The first-order valence-corrected chi connectivity index (χ1v) is 8.80. The smallest absolute Gasteiger partial charge is 0.315 e. The fraction of sp³-hybridized carbons (Fsp3) is 0.238. The van der Waals surface area contributed by atoms with Gasteiger partial charge in [-0.3, -0.25) is 5.01 Å². The maximum atomic E-state index is 11.9. The standard InChI is InChI=1S/C21H22N4O/c1-24-20(16-10-6-3-7-11-16)18-14-25(21(22)26)13-17(19(18)23-24)12-15-8-4-2-5-9-15/h2-12,18,20H,13-14H2,1H3,(H2,22,26)/b17-12-. The number of carbonyl (C=O) groups is 1. The van der Waals surface area contributed by atoms with Crippen LogP contribution in [-0.2, 0) is 0 Å². The van der Waals surface area contributed by atoms with E-state index >= 15 is 0 Å². The van der Waals surface area contributed by atoms with E-state index < -0.39 is 0 Å².